The Morgan fingerprint density at radius 1 is 1.11 bits per heavy atom. The minimum atomic E-state index is -0.808. The molecule has 1 N–H and O–H groups in total. The van der Waals surface area contributed by atoms with Gasteiger partial charge in [-0.25, -0.2) is 8.78 Å². The molecule has 1 aromatic heterocycles. The molecule has 9 heteroatoms. The zero-order valence-electron chi connectivity index (χ0n) is 20.2. The van der Waals surface area contributed by atoms with Crippen LogP contribution in [0.5, 0.6) is 5.75 Å². The molecule has 2 aromatic carbocycles. The van der Waals surface area contributed by atoms with Crippen LogP contribution in [-0.4, -0.2) is 34.4 Å². The maximum atomic E-state index is 14.1. The molecule has 0 saturated carbocycles. The van der Waals surface area contributed by atoms with Gasteiger partial charge in [-0.2, -0.15) is 0 Å². The highest BCUT2D eigenvalue weighted by Crippen LogP contribution is 2.35. The van der Waals surface area contributed by atoms with Crippen LogP contribution >= 0.6 is 0 Å². The van der Waals surface area contributed by atoms with E-state index in [1.54, 1.807) is 9.47 Å². The van der Waals surface area contributed by atoms with E-state index in [0.717, 1.165) is 17.7 Å². The first kappa shape index (κ1) is 24.4. The molecule has 3 aromatic rings. The van der Waals surface area contributed by atoms with Gasteiger partial charge in [-0.15, -0.1) is 0 Å². The van der Waals surface area contributed by atoms with E-state index in [9.17, 15) is 23.2 Å². The summed E-state index contributed by atoms with van der Waals surface area (Å²) in [6.07, 6.45) is 5.84. The van der Waals surface area contributed by atoms with E-state index in [0.29, 0.717) is 19.5 Å². The lowest BCUT2D eigenvalue weighted by Crippen LogP contribution is -2.53. The highest BCUT2D eigenvalue weighted by atomic mass is 19.1. The number of allylic oxidation sites excluding steroid dienone is 1. The molecule has 1 atom stereocenters. The number of ether oxygens (including phenoxy) is 1. The molecule has 0 fully saturated rings. The fraction of sp³-hybridized carbons (Fsp3) is 0.250. The third kappa shape index (κ3) is 4.64. The van der Waals surface area contributed by atoms with Gasteiger partial charge in [0, 0.05) is 37.5 Å². The summed E-state index contributed by atoms with van der Waals surface area (Å²) < 4.78 is 34.9. The van der Waals surface area contributed by atoms with Crippen LogP contribution in [0.4, 0.5) is 8.78 Å². The maximum Gasteiger partial charge on any atom is 0.274 e. The van der Waals surface area contributed by atoms with Crippen molar-refractivity contribution in [3.63, 3.8) is 0 Å². The lowest BCUT2D eigenvalue weighted by atomic mass is 9.93. The zero-order valence-corrected chi connectivity index (χ0v) is 20.2. The van der Waals surface area contributed by atoms with Gasteiger partial charge in [0.15, 0.2) is 11.4 Å². The number of benzene rings is 2. The molecular formula is C28H25F2N3O4. The molecule has 7 nitrogen and oxygen atoms in total. The first-order valence-electron chi connectivity index (χ1n) is 11.9. The van der Waals surface area contributed by atoms with E-state index >= 15 is 0 Å². The average Bonchev–Trinajstić information content (AvgIpc) is 3.06. The Kier molecular flexibility index (Phi) is 6.37. The van der Waals surface area contributed by atoms with Crippen molar-refractivity contribution in [1.29, 1.82) is 0 Å². The average molecular weight is 506 g/mol. The van der Waals surface area contributed by atoms with Gasteiger partial charge in [-0.1, -0.05) is 48.6 Å². The predicted molar refractivity (Wildman–Crippen MR) is 132 cm³/mol. The maximum absolute atomic E-state index is 14.1. The Balaban J connectivity index is 1.56. The number of carbonyl (C=O) groups excluding carboxylic acids is 2. The van der Waals surface area contributed by atoms with Crippen LogP contribution in [0.25, 0.3) is 0 Å². The van der Waals surface area contributed by atoms with E-state index in [1.807, 2.05) is 49.4 Å². The van der Waals surface area contributed by atoms with Gasteiger partial charge in [0.1, 0.15) is 23.8 Å². The van der Waals surface area contributed by atoms with Gasteiger partial charge >= 0.3 is 0 Å². The fourth-order valence-corrected chi connectivity index (χ4v) is 4.74. The SMILES string of the molecule is CC12CC=CCN(C1)C(=O)c1c(OCc3ccccc3)c(=O)c(C(=O)NCc3ccc(F)cc3F)cn12. The van der Waals surface area contributed by atoms with E-state index in [2.05, 4.69) is 5.32 Å². The van der Waals surface area contributed by atoms with Gasteiger partial charge in [0.05, 0.1) is 5.54 Å². The number of nitrogens with zero attached hydrogens (tertiary/aromatic N) is 2. The first-order chi connectivity index (χ1) is 17.8. The Hall–Kier alpha value is -4.27. The minimum absolute atomic E-state index is 0.0250. The summed E-state index contributed by atoms with van der Waals surface area (Å²) in [5, 5.41) is 2.54. The minimum Gasteiger partial charge on any atom is -0.483 e. The molecule has 0 radical (unpaired) electrons. The molecule has 1 unspecified atom stereocenters. The molecule has 5 rings (SSSR count). The van der Waals surface area contributed by atoms with Gasteiger partial charge < -0.3 is 19.5 Å². The highest BCUT2D eigenvalue weighted by molar-refractivity contribution is 5.99. The Bertz CT molecular complexity index is 1470. The second kappa shape index (κ2) is 9.65. The van der Waals surface area contributed by atoms with Crippen molar-refractivity contribution in [2.24, 2.45) is 0 Å². The van der Waals surface area contributed by atoms with Crippen molar-refractivity contribution in [3.8, 4) is 5.75 Å². The summed E-state index contributed by atoms with van der Waals surface area (Å²) in [5.74, 6) is -2.85. The summed E-state index contributed by atoms with van der Waals surface area (Å²) in [4.78, 5) is 41.8. The van der Waals surface area contributed by atoms with Gasteiger partial charge in [0.2, 0.25) is 5.43 Å². The van der Waals surface area contributed by atoms with Gasteiger partial charge in [-0.05, 0) is 25.0 Å². The highest BCUT2D eigenvalue weighted by Gasteiger charge is 2.42. The van der Waals surface area contributed by atoms with Gasteiger partial charge in [-0.3, -0.25) is 14.4 Å². The van der Waals surface area contributed by atoms with E-state index < -0.39 is 28.5 Å². The number of fused-ring (bicyclic) bond motifs is 4. The fourth-order valence-electron chi connectivity index (χ4n) is 4.74. The van der Waals surface area contributed by atoms with E-state index in [-0.39, 0.29) is 41.6 Å². The number of aromatic nitrogens is 1. The molecule has 2 aliphatic rings. The first-order valence-corrected chi connectivity index (χ1v) is 11.9. The standard InChI is InChI=1S/C28H25F2N3O4/c1-28-11-5-6-12-32(17-28)27(36)23-25(37-16-18-7-3-2-4-8-18)24(34)21(15-33(23)28)26(35)31-14-19-9-10-20(29)13-22(19)30/h2-10,13,15H,11-12,14,16-17H2,1H3,(H,31,35). The molecule has 2 bridgehead atoms. The normalized spacial score (nSPS) is 18.2. The number of pyridine rings is 1. The lowest BCUT2D eigenvalue weighted by molar-refractivity contribution is 0.0599. The third-order valence-electron chi connectivity index (χ3n) is 6.74. The van der Waals surface area contributed by atoms with Crippen molar-refractivity contribution in [1.82, 2.24) is 14.8 Å². The van der Waals surface area contributed by atoms with Crippen molar-refractivity contribution >= 4 is 11.8 Å². The Labute approximate surface area is 212 Å². The summed E-state index contributed by atoms with van der Waals surface area (Å²) >= 11 is 0. The number of hydrogen-bond acceptors (Lipinski definition) is 4. The van der Waals surface area contributed by atoms with Crippen molar-refractivity contribution < 1.29 is 23.1 Å². The predicted octanol–water partition coefficient (Wildman–Crippen LogP) is 3.77. The van der Waals surface area contributed by atoms with Crippen LogP contribution in [0, 0.1) is 11.6 Å². The molecule has 0 spiro atoms. The molecule has 3 heterocycles. The van der Waals surface area contributed by atoms with Gasteiger partial charge in [0.25, 0.3) is 11.8 Å². The number of hydrogen-bond donors (Lipinski definition) is 1. The van der Waals surface area contributed by atoms with Crippen molar-refractivity contribution in [3.05, 3.63) is 111 Å². The number of carbonyl (C=O) groups is 2. The molecule has 2 amide bonds. The molecule has 0 aliphatic carbocycles. The number of rotatable bonds is 6. The molecule has 2 aliphatic heterocycles. The summed E-state index contributed by atoms with van der Waals surface area (Å²) in [6.45, 7) is 2.53. The Morgan fingerprint density at radius 3 is 2.65 bits per heavy atom. The topological polar surface area (TPSA) is 80.6 Å². The number of amides is 2. The molecular weight excluding hydrogens is 480 g/mol. The second-order valence-electron chi connectivity index (χ2n) is 9.47. The largest absolute Gasteiger partial charge is 0.483 e. The van der Waals surface area contributed by atoms with E-state index in [4.69, 9.17) is 4.74 Å². The van der Waals surface area contributed by atoms with Crippen molar-refractivity contribution in [2.75, 3.05) is 13.1 Å². The second-order valence-corrected chi connectivity index (χ2v) is 9.47. The van der Waals surface area contributed by atoms with Crippen LogP contribution in [0.2, 0.25) is 0 Å². The van der Waals surface area contributed by atoms with Crippen LogP contribution in [0.3, 0.4) is 0 Å². The summed E-state index contributed by atoms with van der Waals surface area (Å²) in [6, 6.07) is 12.2. The molecule has 190 valence electrons. The Morgan fingerprint density at radius 2 is 1.89 bits per heavy atom. The molecule has 0 saturated heterocycles. The number of halogens is 2. The zero-order chi connectivity index (χ0) is 26.2. The van der Waals surface area contributed by atoms with Crippen LogP contribution in [-0.2, 0) is 18.7 Å². The summed E-state index contributed by atoms with van der Waals surface area (Å²) in [5.41, 5.74) is -0.628. The smallest absolute Gasteiger partial charge is 0.274 e. The molecule has 37 heavy (non-hydrogen) atoms. The van der Waals surface area contributed by atoms with Crippen LogP contribution in [0.15, 0.2) is 71.7 Å². The van der Waals surface area contributed by atoms with Crippen LogP contribution < -0.4 is 15.5 Å². The lowest BCUT2D eigenvalue weighted by Gasteiger charge is -2.42. The third-order valence-corrected chi connectivity index (χ3v) is 6.74. The van der Waals surface area contributed by atoms with Crippen LogP contribution in [0.1, 0.15) is 45.3 Å². The summed E-state index contributed by atoms with van der Waals surface area (Å²) in [7, 11) is 0. The van der Waals surface area contributed by atoms with Crippen molar-refractivity contribution in [2.45, 2.75) is 32.0 Å². The number of nitrogens with one attached hydrogen (secondary N) is 1. The monoisotopic (exact) mass is 505 g/mol. The quantitative estimate of drug-likeness (QED) is 0.518. The van der Waals surface area contributed by atoms with E-state index in [1.165, 1.54) is 12.3 Å².